The van der Waals surface area contributed by atoms with Crippen LogP contribution in [-0.4, -0.2) is 22.9 Å². The predicted octanol–water partition coefficient (Wildman–Crippen LogP) is 2.54. The van der Waals surface area contributed by atoms with Gasteiger partial charge >= 0.3 is 0 Å². The summed E-state index contributed by atoms with van der Waals surface area (Å²) in [5, 5.41) is 2.80. The second-order valence-corrected chi connectivity index (χ2v) is 4.46. The number of aromatic nitrogens is 1. The van der Waals surface area contributed by atoms with E-state index in [0.717, 1.165) is 16.0 Å². The lowest BCUT2D eigenvalue weighted by atomic mass is 10.4. The maximum Gasteiger partial charge on any atom is 0.225 e. The number of hydrogen-bond donors (Lipinski definition) is 1. The van der Waals surface area contributed by atoms with E-state index in [-0.39, 0.29) is 5.91 Å². The molecule has 1 heterocycles. The molecule has 0 spiro atoms. The summed E-state index contributed by atoms with van der Waals surface area (Å²) in [5.74, 6) is 0.885. The lowest BCUT2D eigenvalue weighted by Crippen LogP contribution is -2.12. The third-order valence-corrected chi connectivity index (χ3v) is 2.59. The van der Waals surface area contributed by atoms with Gasteiger partial charge in [0.15, 0.2) is 0 Å². The van der Waals surface area contributed by atoms with Crippen LogP contribution in [0.25, 0.3) is 0 Å². The molecule has 14 heavy (non-hydrogen) atoms. The fourth-order valence-electron chi connectivity index (χ4n) is 0.898. The second-order valence-electron chi connectivity index (χ2n) is 2.66. The Morgan fingerprint density at radius 1 is 1.71 bits per heavy atom. The average molecular weight is 275 g/mol. The van der Waals surface area contributed by atoms with Crippen molar-refractivity contribution < 1.29 is 4.79 Å². The second kappa shape index (κ2) is 6.03. The van der Waals surface area contributed by atoms with Gasteiger partial charge in [-0.05, 0) is 34.3 Å². The fraction of sp³-hybridized carbons (Fsp3) is 0.333. The molecular weight excluding hydrogens is 264 g/mol. The summed E-state index contributed by atoms with van der Waals surface area (Å²) < 4.78 is 0.722. The maximum atomic E-state index is 11.3. The highest BCUT2D eigenvalue weighted by Crippen LogP contribution is 2.12. The summed E-state index contributed by atoms with van der Waals surface area (Å²) in [7, 11) is 0. The van der Waals surface area contributed by atoms with Crippen LogP contribution in [0.5, 0.6) is 0 Å². The molecule has 0 aliphatic carbocycles. The third kappa shape index (κ3) is 4.11. The van der Waals surface area contributed by atoms with E-state index in [1.54, 1.807) is 30.1 Å². The van der Waals surface area contributed by atoms with Crippen LogP contribution in [0.15, 0.2) is 22.9 Å². The Morgan fingerprint density at radius 3 is 3.14 bits per heavy atom. The summed E-state index contributed by atoms with van der Waals surface area (Å²) in [6.07, 6.45) is 4.17. The van der Waals surface area contributed by atoms with Crippen molar-refractivity contribution in [2.75, 3.05) is 17.3 Å². The SMILES string of the molecule is CSCCC(=O)Nc1ccnc(Br)c1. The fourth-order valence-corrected chi connectivity index (χ4v) is 1.65. The smallest absolute Gasteiger partial charge is 0.225 e. The highest BCUT2D eigenvalue weighted by molar-refractivity contribution is 9.10. The van der Waals surface area contributed by atoms with Gasteiger partial charge in [-0.2, -0.15) is 11.8 Å². The standard InChI is InChI=1S/C9H11BrN2OS/c1-14-5-3-9(13)12-7-2-4-11-8(10)6-7/h2,4,6H,3,5H2,1H3,(H,11,12,13). The van der Waals surface area contributed by atoms with Gasteiger partial charge in [-0.1, -0.05) is 0 Å². The Labute approximate surface area is 95.8 Å². The summed E-state index contributed by atoms with van der Waals surface area (Å²) in [4.78, 5) is 15.3. The van der Waals surface area contributed by atoms with E-state index in [2.05, 4.69) is 26.2 Å². The molecule has 0 atom stereocenters. The van der Waals surface area contributed by atoms with Gasteiger partial charge < -0.3 is 5.32 Å². The van der Waals surface area contributed by atoms with Crippen LogP contribution in [0.1, 0.15) is 6.42 Å². The highest BCUT2D eigenvalue weighted by atomic mass is 79.9. The van der Waals surface area contributed by atoms with Gasteiger partial charge in [0.25, 0.3) is 0 Å². The van der Waals surface area contributed by atoms with Crippen LogP contribution in [0.3, 0.4) is 0 Å². The van der Waals surface area contributed by atoms with Gasteiger partial charge in [-0.25, -0.2) is 4.98 Å². The number of thioether (sulfide) groups is 1. The normalized spacial score (nSPS) is 9.86. The van der Waals surface area contributed by atoms with Crippen LogP contribution < -0.4 is 5.32 Å². The first-order valence-electron chi connectivity index (χ1n) is 4.12. The van der Waals surface area contributed by atoms with Gasteiger partial charge in [0, 0.05) is 24.1 Å². The molecule has 0 bridgehead atoms. The first kappa shape index (κ1) is 11.5. The molecule has 1 aromatic heterocycles. The molecule has 0 aliphatic rings. The lowest BCUT2D eigenvalue weighted by Gasteiger charge is -2.03. The molecule has 0 fully saturated rings. The van der Waals surface area contributed by atoms with Crippen LogP contribution in [0.2, 0.25) is 0 Å². The van der Waals surface area contributed by atoms with Gasteiger partial charge in [0.1, 0.15) is 4.60 Å². The summed E-state index contributed by atoms with van der Waals surface area (Å²) in [5.41, 5.74) is 0.776. The van der Waals surface area contributed by atoms with Crippen LogP contribution in [0.4, 0.5) is 5.69 Å². The van der Waals surface area contributed by atoms with E-state index in [1.165, 1.54) is 0 Å². The van der Waals surface area contributed by atoms with Gasteiger partial charge in [-0.3, -0.25) is 4.79 Å². The van der Waals surface area contributed by atoms with Crippen molar-refractivity contribution in [3.05, 3.63) is 22.9 Å². The number of rotatable bonds is 4. The molecule has 1 N–H and O–H groups in total. The molecule has 0 saturated heterocycles. The Morgan fingerprint density at radius 2 is 2.50 bits per heavy atom. The number of amides is 1. The number of pyridine rings is 1. The number of nitrogens with one attached hydrogen (secondary N) is 1. The first-order valence-corrected chi connectivity index (χ1v) is 6.31. The molecule has 1 aromatic rings. The topological polar surface area (TPSA) is 42.0 Å². The molecule has 0 radical (unpaired) electrons. The monoisotopic (exact) mass is 274 g/mol. The summed E-state index contributed by atoms with van der Waals surface area (Å²) in [6, 6.07) is 3.54. The largest absolute Gasteiger partial charge is 0.326 e. The van der Waals surface area contributed by atoms with Gasteiger partial charge in [0.05, 0.1) is 0 Å². The molecule has 1 rings (SSSR count). The minimum absolute atomic E-state index is 0.0393. The van der Waals surface area contributed by atoms with Crippen molar-refractivity contribution in [1.82, 2.24) is 4.98 Å². The van der Waals surface area contributed by atoms with E-state index < -0.39 is 0 Å². The number of anilines is 1. The number of carbonyl (C=O) groups excluding carboxylic acids is 1. The maximum absolute atomic E-state index is 11.3. The van der Waals surface area contributed by atoms with Crippen LogP contribution >= 0.6 is 27.7 Å². The minimum Gasteiger partial charge on any atom is -0.326 e. The van der Waals surface area contributed by atoms with Crippen molar-refractivity contribution in [2.45, 2.75) is 6.42 Å². The summed E-state index contributed by atoms with van der Waals surface area (Å²) in [6.45, 7) is 0. The van der Waals surface area contributed by atoms with E-state index in [0.29, 0.717) is 6.42 Å². The van der Waals surface area contributed by atoms with Gasteiger partial charge in [0.2, 0.25) is 5.91 Å². The molecular formula is C9H11BrN2OS. The molecule has 5 heteroatoms. The number of carbonyl (C=O) groups is 1. The predicted molar refractivity (Wildman–Crippen MR) is 63.6 cm³/mol. The Balaban J connectivity index is 2.47. The molecule has 76 valence electrons. The molecule has 3 nitrogen and oxygen atoms in total. The molecule has 0 unspecified atom stereocenters. The van der Waals surface area contributed by atoms with Gasteiger partial charge in [-0.15, -0.1) is 0 Å². The van der Waals surface area contributed by atoms with Crippen LogP contribution in [0, 0.1) is 0 Å². The Hall–Kier alpha value is -0.550. The van der Waals surface area contributed by atoms with Crippen molar-refractivity contribution in [3.63, 3.8) is 0 Å². The zero-order chi connectivity index (χ0) is 10.4. The first-order chi connectivity index (χ1) is 6.72. The van der Waals surface area contributed by atoms with E-state index in [9.17, 15) is 4.79 Å². The molecule has 0 aromatic carbocycles. The Kier molecular flexibility index (Phi) is 4.97. The lowest BCUT2D eigenvalue weighted by molar-refractivity contribution is -0.115. The van der Waals surface area contributed by atoms with Crippen molar-refractivity contribution in [2.24, 2.45) is 0 Å². The van der Waals surface area contributed by atoms with E-state index >= 15 is 0 Å². The number of halogens is 1. The zero-order valence-electron chi connectivity index (χ0n) is 7.79. The average Bonchev–Trinajstić information content (AvgIpc) is 2.15. The number of nitrogens with zero attached hydrogens (tertiary/aromatic N) is 1. The molecule has 0 saturated carbocycles. The quantitative estimate of drug-likeness (QED) is 0.858. The third-order valence-electron chi connectivity index (χ3n) is 1.54. The van der Waals surface area contributed by atoms with Crippen LogP contribution in [-0.2, 0) is 4.79 Å². The minimum atomic E-state index is 0.0393. The van der Waals surface area contributed by atoms with Crippen molar-refractivity contribution in [3.8, 4) is 0 Å². The highest BCUT2D eigenvalue weighted by Gasteiger charge is 2.01. The molecule has 1 amide bonds. The van der Waals surface area contributed by atoms with Crippen molar-refractivity contribution >= 4 is 39.3 Å². The summed E-state index contributed by atoms with van der Waals surface area (Å²) >= 11 is 4.90. The number of hydrogen-bond acceptors (Lipinski definition) is 3. The molecule has 0 aliphatic heterocycles. The van der Waals surface area contributed by atoms with E-state index in [4.69, 9.17) is 0 Å². The zero-order valence-corrected chi connectivity index (χ0v) is 10.2. The Bertz CT molecular complexity index is 319. The van der Waals surface area contributed by atoms with Crippen molar-refractivity contribution in [1.29, 1.82) is 0 Å². The van der Waals surface area contributed by atoms with E-state index in [1.807, 2.05) is 6.26 Å².